The van der Waals surface area contributed by atoms with E-state index in [0.717, 1.165) is 18.4 Å². The van der Waals surface area contributed by atoms with Gasteiger partial charge in [-0.3, -0.25) is 4.98 Å². The van der Waals surface area contributed by atoms with Gasteiger partial charge in [0, 0.05) is 17.0 Å². The minimum Gasteiger partial charge on any atom is -0.256 e. The van der Waals surface area contributed by atoms with Gasteiger partial charge in [0.1, 0.15) is 0 Å². The second-order valence-electron chi connectivity index (χ2n) is 9.24. The van der Waals surface area contributed by atoms with Gasteiger partial charge < -0.3 is 0 Å². The average Bonchev–Trinajstić information content (AvgIpc) is 2.80. The Balaban J connectivity index is 1.54. The van der Waals surface area contributed by atoms with E-state index < -0.39 is 0 Å². The summed E-state index contributed by atoms with van der Waals surface area (Å²) in [5.74, 6) is 0. The number of fused-ring (bicyclic) bond motifs is 6. The Morgan fingerprint density at radius 2 is 1.52 bits per heavy atom. The quantitative estimate of drug-likeness (QED) is 0.262. The molecule has 0 spiro atoms. The first-order valence-corrected chi connectivity index (χ1v) is 11.1. The summed E-state index contributed by atoms with van der Waals surface area (Å²) in [7, 11) is 0. The van der Waals surface area contributed by atoms with Crippen LogP contribution in [-0.2, 0) is 11.8 Å². The number of aryl methyl sites for hydroxylation is 1. The maximum absolute atomic E-state index is 4.68. The maximum atomic E-state index is 4.68. The fraction of sp³-hybridized carbons (Fsp3) is 0.167. The normalized spacial score (nSPS) is 16.8. The lowest BCUT2D eigenvalue weighted by molar-refractivity contribution is 0.567. The summed E-state index contributed by atoms with van der Waals surface area (Å²) >= 11 is 0. The molecule has 1 heterocycles. The largest absolute Gasteiger partial charge is 0.256 e. The molecular weight excluding hydrogens is 374 g/mol. The summed E-state index contributed by atoms with van der Waals surface area (Å²) in [6, 6.07) is 28.6. The van der Waals surface area contributed by atoms with E-state index in [9.17, 15) is 0 Å². The highest BCUT2D eigenvalue weighted by Gasteiger charge is 2.33. The van der Waals surface area contributed by atoms with Crippen LogP contribution in [-0.4, -0.2) is 4.98 Å². The van der Waals surface area contributed by atoms with Crippen LogP contribution < -0.4 is 0 Å². The number of rotatable bonds is 1. The Morgan fingerprint density at radius 1 is 0.742 bits per heavy atom. The van der Waals surface area contributed by atoms with Crippen molar-refractivity contribution in [2.45, 2.75) is 32.1 Å². The van der Waals surface area contributed by atoms with Crippen molar-refractivity contribution >= 4 is 38.5 Å². The van der Waals surface area contributed by atoms with Crippen LogP contribution in [0.2, 0.25) is 0 Å². The number of aromatic nitrogens is 1. The highest BCUT2D eigenvalue weighted by Crippen LogP contribution is 2.46. The lowest BCUT2D eigenvalue weighted by atomic mass is 9.67. The van der Waals surface area contributed by atoms with E-state index in [1.54, 1.807) is 0 Å². The molecule has 0 fully saturated rings. The fourth-order valence-corrected chi connectivity index (χ4v) is 5.44. The van der Waals surface area contributed by atoms with Crippen LogP contribution >= 0.6 is 0 Å². The van der Waals surface area contributed by atoms with Crippen LogP contribution in [0.3, 0.4) is 0 Å². The van der Waals surface area contributed by atoms with Gasteiger partial charge >= 0.3 is 0 Å². The van der Waals surface area contributed by atoms with E-state index in [1.165, 1.54) is 49.2 Å². The number of pyridine rings is 1. The molecule has 6 rings (SSSR count). The zero-order chi connectivity index (χ0) is 21.0. The van der Waals surface area contributed by atoms with Gasteiger partial charge in [0.2, 0.25) is 0 Å². The third-order valence-corrected chi connectivity index (χ3v) is 7.06. The molecule has 0 saturated carbocycles. The van der Waals surface area contributed by atoms with Crippen LogP contribution in [0.1, 0.15) is 37.0 Å². The van der Waals surface area contributed by atoms with Crippen molar-refractivity contribution in [2.75, 3.05) is 0 Å². The number of allylic oxidation sites excluding steroid dienone is 1. The van der Waals surface area contributed by atoms with Gasteiger partial charge in [-0.1, -0.05) is 92.2 Å². The third-order valence-electron chi connectivity index (χ3n) is 7.06. The monoisotopic (exact) mass is 399 g/mol. The maximum Gasteiger partial charge on any atom is 0.0702 e. The van der Waals surface area contributed by atoms with Crippen molar-refractivity contribution in [2.24, 2.45) is 0 Å². The number of benzene rings is 4. The summed E-state index contributed by atoms with van der Waals surface area (Å²) < 4.78 is 0. The smallest absolute Gasteiger partial charge is 0.0702 e. The molecule has 0 unspecified atom stereocenters. The van der Waals surface area contributed by atoms with Gasteiger partial charge in [-0.25, -0.2) is 0 Å². The lowest BCUT2D eigenvalue weighted by Gasteiger charge is -2.37. The van der Waals surface area contributed by atoms with Crippen molar-refractivity contribution in [3.8, 4) is 0 Å². The van der Waals surface area contributed by atoms with E-state index in [-0.39, 0.29) is 5.41 Å². The Hall–Kier alpha value is -3.45. The molecule has 0 aliphatic heterocycles. The molecule has 31 heavy (non-hydrogen) atoms. The van der Waals surface area contributed by atoms with Crippen LogP contribution in [0.4, 0.5) is 0 Å². The van der Waals surface area contributed by atoms with Gasteiger partial charge in [0.25, 0.3) is 0 Å². The van der Waals surface area contributed by atoms with Crippen LogP contribution in [0.15, 0.2) is 90.6 Å². The molecular formula is C30H25N. The summed E-state index contributed by atoms with van der Waals surface area (Å²) in [6.45, 7) is 4.78. The molecule has 0 saturated heterocycles. The van der Waals surface area contributed by atoms with E-state index in [4.69, 9.17) is 0 Å². The molecule has 1 aliphatic carbocycles. The van der Waals surface area contributed by atoms with Gasteiger partial charge in [-0.05, 0) is 63.2 Å². The standard InChI is InChI=1S/C30H25N/c1-30(2)24(18-20-17-23-8-4-6-10-28(23)31-19-20)14-11-22-13-15-26-25-9-5-3-7-21(25)12-16-27(26)29(22)30/h3-10,12-13,15-19H,11,14H2,1-2H3/b24-18+. The summed E-state index contributed by atoms with van der Waals surface area (Å²) in [6.07, 6.45) is 6.57. The highest BCUT2D eigenvalue weighted by molar-refractivity contribution is 6.09. The lowest BCUT2D eigenvalue weighted by Crippen LogP contribution is -2.27. The Bertz CT molecular complexity index is 1500. The van der Waals surface area contributed by atoms with E-state index in [1.807, 2.05) is 12.3 Å². The molecule has 1 heteroatoms. The van der Waals surface area contributed by atoms with Gasteiger partial charge in [0.15, 0.2) is 0 Å². The topological polar surface area (TPSA) is 12.9 Å². The van der Waals surface area contributed by atoms with E-state index in [0.29, 0.717) is 0 Å². The predicted octanol–water partition coefficient (Wildman–Crippen LogP) is 7.85. The molecule has 0 amide bonds. The number of nitrogens with zero attached hydrogens (tertiary/aromatic N) is 1. The fourth-order valence-electron chi connectivity index (χ4n) is 5.44. The second kappa shape index (κ2) is 6.78. The molecule has 1 aliphatic rings. The highest BCUT2D eigenvalue weighted by atomic mass is 14.6. The number of hydrogen-bond acceptors (Lipinski definition) is 1. The van der Waals surface area contributed by atoms with Crippen molar-refractivity contribution in [3.63, 3.8) is 0 Å². The van der Waals surface area contributed by atoms with Crippen LogP contribution in [0.5, 0.6) is 0 Å². The first kappa shape index (κ1) is 18.3. The average molecular weight is 400 g/mol. The molecule has 5 aromatic rings. The molecule has 1 aromatic heterocycles. The summed E-state index contributed by atoms with van der Waals surface area (Å²) in [4.78, 5) is 4.68. The Morgan fingerprint density at radius 3 is 2.42 bits per heavy atom. The van der Waals surface area contributed by atoms with Crippen molar-refractivity contribution in [1.29, 1.82) is 0 Å². The Labute approximate surface area is 183 Å². The number of hydrogen-bond donors (Lipinski definition) is 0. The van der Waals surface area contributed by atoms with Crippen LogP contribution in [0, 0.1) is 0 Å². The first-order valence-electron chi connectivity index (χ1n) is 11.1. The SMILES string of the molecule is CC1(C)/C(=C/c2cnc3ccccc3c2)CCc2ccc3c(ccc4ccccc43)c21. The van der Waals surface area contributed by atoms with Crippen LogP contribution in [0.25, 0.3) is 38.5 Å². The third kappa shape index (κ3) is 2.88. The summed E-state index contributed by atoms with van der Waals surface area (Å²) in [5, 5.41) is 6.60. The summed E-state index contributed by atoms with van der Waals surface area (Å²) in [5.41, 5.74) is 6.68. The van der Waals surface area contributed by atoms with E-state index >= 15 is 0 Å². The zero-order valence-electron chi connectivity index (χ0n) is 18.0. The van der Waals surface area contributed by atoms with Gasteiger partial charge in [0.05, 0.1) is 5.52 Å². The van der Waals surface area contributed by atoms with E-state index in [2.05, 4.69) is 97.7 Å². The van der Waals surface area contributed by atoms with Gasteiger partial charge in [-0.15, -0.1) is 0 Å². The predicted molar refractivity (Wildman–Crippen MR) is 133 cm³/mol. The molecule has 0 atom stereocenters. The zero-order valence-corrected chi connectivity index (χ0v) is 18.0. The van der Waals surface area contributed by atoms with Crippen molar-refractivity contribution in [3.05, 3.63) is 107 Å². The minimum absolute atomic E-state index is 0.0266. The Kier molecular flexibility index (Phi) is 4.01. The molecule has 150 valence electrons. The number of para-hydroxylation sites is 1. The van der Waals surface area contributed by atoms with Crippen molar-refractivity contribution in [1.82, 2.24) is 4.98 Å². The molecule has 0 bridgehead atoms. The van der Waals surface area contributed by atoms with Crippen molar-refractivity contribution < 1.29 is 0 Å². The second-order valence-corrected chi connectivity index (χ2v) is 9.24. The molecule has 0 N–H and O–H groups in total. The van der Waals surface area contributed by atoms with Gasteiger partial charge in [-0.2, -0.15) is 0 Å². The molecule has 1 nitrogen and oxygen atoms in total. The molecule has 4 aromatic carbocycles. The minimum atomic E-state index is -0.0266. The first-order chi connectivity index (χ1) is 15.1. The molecule has 0 radical (unpaired) electrons.